The fourth-order valence-corrected chi connectivity index (χ4v) is 1.40. The molecule has 17 heavy (non-hydrogen) atoms. The standard InChI is InChI=1S/C12H9FN4/c1-7-4-8(2-3-10(7)13)12-16-6-9(5-14)11(15)17-12/h2-4,6H,1H3,(H2,15,16,17). The lowest BCUT2D eigenvalue weighted by Crippen LogP contribution is -1.99. The summed E-state index contributed by atoms with van der Waals surface area (Å²) in [5, 5.41) is 8.70. The minimum absolute atomic E-state index is 0.125. The maximum absolute atomic E-state index is 13.1. The summed E-state index contributed by atoms with van der Waals surface area (Å²) in [7, 11) is 0. The van der Waals surface area contributed by atoms with Crippen LogP contribution in [0, 0.1) is 24.1 Å². The molecule has 4 nitrogen and oxygen atoms in total. The molecule has 0 bridgehead atoms. The largest absolute Gasteiger partial charge is 0.382 e. The van der Waals surface area contributed by atoms with Crippen LogP contribution in [0.1, 0.15) is 11.1 Å². The third kappa shape index (κ3) is 2.06. The van der Waals surface area contributed by atoms with Gasteiger partial charge in [-0.05, 0) is 30.7 Å². The first-order chi connectivity index (χ1) is 8.11. The molecule has 0 aliphatic carbocycles. The zero-order valence-corrected chi connectivity index (χ0v) is 9.11. The number of halogens is 1. The molecule has 0 saturated carbocycles. The van der Waals surface area contributed by atoms with Gasteiger partial charge >= 0.3 is 0 Å². The minimum atomic E-state index is -0.282. The fraction of sp³-hybridized carbons (Fsp3) is 0.0833. The van der Waals surface area contributed by atoms with Crippen LogP contribution in [-0.4, -0.2) is 9.97 Å². The van der Waals surface area contributed by atoms with E-state index in [1.165, 1.54) is 12.3 Å². The molecular weight excluding hydrogens is 219 g/mol. The number of nitriles is 1. The number of aromatic nitrogens is 2. The van der Waals surface area contributed by atoms with Crippen molar-refractivity contribution in [3.63, 3.8) is 0 Å². The van der Waals surface area contributed by atoms with Crippen LogP contribution < -0.4 is 5.73 Å². The molecule has 84 valence electrons. The van der Waals surface area contributed by atoms with Crippen LogP contribution in [0.15, 0.2) is 24.4 Å². The van der Waals surface area contributed by atoms with Crippen LogP contribution in [0.2, 0.25) is 0 Å². The van der Waals surface area contributed by atoms with Crippen LogP contribution in [0.3, 0.4) is 0 Å². The van der Waals surface area contributed by atoms with Gasteiger partial charge in [0.2, 0.25) is 0 Å². The number of hydrogen-bond acceptors (Lipinski definition) is 4. The second-order valence-corrected chi connectivity index (χ2v) is 3.57. The molecule has 0 atom stereocenters. The summed E-state index contributed by atoms with van der Waals surface area (Å²) in [6, 6.07) is 6.44. The number of benzene rings is 1. The number of rotatable bonds is 1. The van der Waals surface area contributed by atoms with E-state index < -0.39 is 0 Å². The second-order valence-electron chi connectivity index (χ2n) is 3.57. The number of aryl methyl sites for hydroxylation is 1. The van der Waals surface area contributed by atoms with Crippen molar-refractivity contribution >= 4 is 5.82 Å². The highest BCUT2D eigenvalue weighted by Crippen LogP contribution is 2.19. The third-order valence-electron chi connectivity index (χ3n) is 2.35. The zero-order valence-electron chi connectivity index (χ0n) is 9.11. The molecule has 0 unspecified atom stereocenters. The van der Waals surface area contributed by atoms with Gasteiger partial charge in [0.1, 0.15) is 23.3 Å². The van der Waals surface area contributed by atoms with Crippen LogP contribution >= 0.6 is 0 Å². The van der Waals surface area contributed by atoms with Gasteiger partial charge in [0, 0.05) is 5.56 Å². The van der Waals surface area contributed by atoms with E-state index in [1.807, 2.05) is 6.07 Å². The van der Waals surface area contributed by atoms with E-state index in [0.29, 0.717) is 17.0 Å². The average molecular weight is 228 g/mol. The monoisotopic (exact) mass is 228 g/mol. The van der Waals surface area contributed by atoms with Gasteiger partial charge in [0.15, 0.2) is 5.82 Å². The van der Waals surface area contributed by atoms with Crippen molar-refractivity contribution in [2.24, 2.45) is 0 Å². The number of anilines is 1. The molecule has 0 spiro atoms. The molecule has 2 rings (SSSR count). The van der Waals surface area contributed by atoms with Crippen LogP contribution in [0.5, 0.6) is 0 Å². The van der Waals surface area contributed by atoms with Gasteiger partial charge in [-0.15, -0.1) is 0 Å². The Balaban J connectivity index is 2.50. The summed E-state index contributed by atoms with van der Waals surface area (Å²) in [6.45, 7) is 1.66. The quantitative estimate of drug-likeness (QED) is 0.810. The van der Waals surface area contributed by atoms with Crippen molar-refractivity contribution in [2.45, 2.75) is 6.92 Å². The average Bonchev–Trinajstić information content (AvgIpc) is 2.32. The van der Waals surface area contributed by atoms with Crippen molar-refractivity contribution < 1.29 is 4.39 Å². The Bertz CT molecular complexity index is 616. The van der Waals surface area contributed by atoms with Gasteiger partial charge in [-0.25, -0.2) is 14.4 Å². The number of nitrogens with two attached hydrogens (primary N) is 1. The summed E-state index contributed by atoms with van der Waals surface area (Å²) >= 11 is 0. The van der Waals surface area contributed by atoms with Crippen molar-refractivity contribution in [3.05, 3.63) is 41.3 Å². The first kappa shape index (κ1) is 11.0. The molecule has 0 fully saturated rings. The molecule has 2 aromatic rings. The predicted octanol–water partition coefficient (Wildman–Crippen LogP) is 2.04. The fourth-order valence-electron chi connectivity index (χ4n) is 1.40. The highest BCUT2D eigenvalue weighted by atomic mass is 19.1. The summed E-state index contributed by atoms with van der Waals surface area (Å²) < 4.78 is 13.1. The molecular formula is C12H9FN4. The molecule has 5 heteroatoms. The Kier molecular flexibility index (Phi) is 2.71. The topological polar surface area (TPSA) is 75.6 Å². The molecule has 0 aliphatic heterocycles. The van der Waals surface area contributed by atoms with E-state index >= 15 is 0 Å². The predicted molar refractivity (Wildman–Crippen MR) is 61.3 cm³/mol. The van der Waals surface area contributed by atoms with E-state index in [-0.39, 0.29) is 17.2 Å². The lowest BCUT2D eigenvalue weighted by atomic mass is 10.1. The van der Waals surface area contributed by atoms with Crippen LogP contribution in [-0.2, 0) is 0 Å². The van der Waals surface area contributed by atoms with E-state index in [9.17, 15) is 4.39 Å². The zero-order chi connectivity index (χ0) is 12.4. The summed E-state index contributed by atoms with van der Waals surface area (Å²) in [5.41, 5.74) is 6.99. The number of nitrogens with zero attached hydrogens (tertiary/aromatic N) is 3. The molecule has 0 amide bonds. The SMILES string of the molecule is Cc1cc(-c2ncc(C#N)c(N)n2)ccc1F. The molecule has 0 saturated heterocycles. The summed E-state index contributed by atoms with van der Waals surface area (Å²) in [4.78, 5) is 8.02. The van der Waals surface area contributed by atoms with E-state index in [2.05, 4.69) is 9.97 Å². The summed E-state index contributed by atoms with van der Waals surface area (Å²) in [5.74, 6) is 0.222. The first-order valence-corrected chi connectivity index (χ1v) is 4.91. The lowest BCUT2D eigenvalue weighted by molar-refractivity contribution is 0.618. The van der Waals surface area contributed by atoms with Gasteiger partial charge in [0.25, 0.3) is 0 Å². The Morgan fingerprint density at radius 3 is 2.76 bits per heavy atom. The normalized spacial score (nSPS) is 9.94. The van der Waals surface area contributed by atoms with E-state index in [0.717, 1.165) is 0 Å². The lowest BCUT2D eigenvalue weighted by Gasteiger charge is -2.03. The van der Waals surface area contributed by atoms with Crippen molar-refractivity contribution in [1.82, 2.24) is 9.97 Å². The summed E-state index contributed by atoms with van der Waals surface area (Å²) in [6.07, 6.45) is 1.36. The number of nitrogen functional groups attached to an aromatic ring is 1. The maximum atomic E-state index is 13.1. The Morgan fingerprint density at radius 1 is 1.41 bits per heavy atom. The van der Waals surface area contributed by atoms with Crippen molar-refractivity contribution in [3.8, 4) is 17.5 Å². The minimum Gasteiger partial charge on any atom is -0.382 e. The third-order valence-corrected chi connectivity index (χ3v) is 2.35. The molecule has 0 aliphatic rings. The van der Waals surface area contributed by atoms with E-state index in [1.54, 1.807) is 19.1 Å². The van der Waals surface area contributed by atoms with Gasteiger partial charge in [-0.1, -0.05) is 0 Å². The van der Waals surface area contributed by atoms with Crippen LogP contribution in [0.4, 0.5) is 10.2 Å². The second kappa shape index (κ2) is 4.18. The maximum Gasteiger partial charge on any atom is 0.161 e. The first-order valence-electron chi connectivity index (χ1n) is 4.91. The van der Waals surface area contributed by atoms with Gasteiger partial charge < -0.3 is 5.73 Å². The van der Waals surface area contributed by atoms with E-state index in [4.69, 9.17) is 11.0 Å². The Hall–Kier alpha value is -2.48. The highest BCUT2D eigenvalue weighted by molar-refractivity contribution is 5.60. The molecule has 1 aromatic heterocycles. The molecule has 1 heterocycles. The molecule has 2 N–H and O–H groups in total. The smallest absolute Gasteiger partial charge is 0.161 e. The number of hydrogen-bond donors (Lipinski definition) is 1. The molecule has 1 aromatic carbocycles. The molecule has 0 radical (unpaired) electrons. The highest BCUT2D eigenvalue weighted by Gasteiger charge is 2.07. The Labute approximate surface area is 97.6 Å². The van der Waals surface area contributed by atoms with Gasteiger partial charge in [-0.2, -0.15) is 5.26 Å². The van der Waals surface area contributed by atoms with Crippen molar-refractivity contribution in [2.75, 3.05) is 5.73 Å². The van der Waals surface area contributed by atoms with Crippen molar-refractivity contribution in [1.29, 1.82) is 5.26 Å². The van der Waals surface area contributed by atoms with Gasteiger partial charge in [-0.3, -0.25) is 0 Å². The van der Waals surface area contributed by atoms with Crippen LogP contribution in [0.25, 0.3) is 11.4 Å². The Morgan fingerprint density at radius 2 is 2.18 bits per heavy atom. The van der Waals surface area contributed by atoms with Gasteiger partial charge in [0.05, 0.1) is 6.20 Å².